The van der Waals surface area contributed by atoms with Gasteiger partial charge < -0.3 is 5.32 Å². The molecule has 0 heterocycles. The first-order valence-corrected chi connectivity index (χ1v) is 7.28. The molecule has 0 amide bonds. The molecule has 1 fully saturated rings. The van der Waals surface area contributed by atoms with E-state index in [0.29, 0.717) is 12.6 Å². The number of hydrogen-bond donors (Lipinski definition) is 1. The van der Waals surface area contributed by atoms with Gasteiger partial charge in [-0.05, 0) is 30.7 Å². The quantitative estimate of drug-likeness (QED) is 0.785. The first kappa shape index (κ1) is 13.9. The van der Waals surface area contributed by atoms with Crippen LogP contribution in [0, 0.1) is 18.3 Å². The van der Waals surface area contributed by atoms with Crippen molar-refractivity contribution in [1.82, 2.24) is 5.32 Å². The molecule has 2 rings (SSSR count). The number of terminal acetylenes is 1. The van der Waals surface area contributed by atoms with Crippen LogP contribution in [0.25, 0.3) is 6.08 Å². The van der Waals surface area contributed by atoms with Gasteiger partial charge in [-0.2, -0.15) is 0 Å². The zero-order valence-corrected chi connectivity index (χ0v) is 11.5. The predicted molar refractivity (Wildman–Crippen MR) is 82.7 cm³/mol. The largest absolute Gasteiger partial charge is 0.303 e. The molecule has 1 aliphatic rings. The van der Waals surface area contributed by atoms with Gasteiger partial charge in [-0.3, -0.25) is 0 Å². The van der Waals surface area contributed by atoms with Crippen molar-refractivity contribution in [2.75, 3.05) is 6.54 Å². The second kappa shape index (κ2) is 7.81. The minimum absolute atomic E-state index is 0.602. The third kappa shape index (κ3) is 4.58. The fraction of sp³-hybridized carbons (Fsp3) is 0.444. The summed E-state index contributed by atoms with van der Waals surface area (Å²) in [6, 6.07) is 11.1. The van der Waals surface area contributed by atoms with Crippen LogP contribution in [0.2, 0.25) is 0 Å². The number of nitrogens with one attached hydrogen (secondary N) is 1. The highest BCUT2D eigenvalue weighted by molar-refractivity contribution is 5.48. The molecule has 1 aromatic carbocycles. The van der Waals surface area contributed by atoms with Gasteiger partial charge in [0.1, 0.15) is 0 Å². The number of rotatable bonds is 5. The summed E-state index contributed by atoms with van der Waals surface area (Å²) in [5.41, 5.74) is 1.28. The Labute approximate surface area is 117 Å². The minimum Gasteiger partial charge on any atom is -0.303 e. The normalized spacial score (nSPS) is 23.3. The van der Waals surface area contributed by atoms with Crippen molar-refractivity contribution >= 4 is 6.08 Å². The van der Waals surface area contributed by atoms with Crippen LogP contribution in [0.5, 0.6) is 0 Å². The van der Waals surface area contributed by atoms with Gasteiger partial charge in [-0.1, -0.05) is 61.2 Å². The third-order valence-electron chi connectivity index (χ3n) is 3.92. The van der Waals surface area contributed by atoms with Crippen LogP contribution in [0.3, 0.4) is 0 Å². The molecule has 1 aromatic rings. The summed E-state index contributed by atoms with van der Waals surface area (Å²) in [5, 5.41) is 3.50. The Bertz CT molecular complexity index is 427. The first-order chi connectivity index (χ1) is 9.40. The van der Waals surface area contributed by atoms with E-state index in [1.165, 1.54) is 31.2 Å². The van der Waals surface area contributed by atoms with Gasteiger partial charge in [0.25, 0.3) is 0 Å². The summed E-state index contributed by atoms with van der Waals surface area (Å²) in [6.07, 6.45) is 16.3. The van der Waals surface area contributed by atoms with Crippen LogP contribution in [0.15, 0.2) is 36.4 Å². The van der Waals surface area contributed by atoms with E-state index in [9.17, 15) is 0 Å². The van der Waals surface area contributed by atoms with Gasteiger partial charge in [0.2, 0.25) is 0 Å². The van der Waals surface area contributed by atoms with E-state index in [0.717, 1.165) is 12.3 Å². The van der Waals surface area contributed by atoms with Gasteiger partial charge in [0, 0.05) is 6.04 Å². The van der Waals surface area contributed by atoms with Gasteiger partial charge in [0.05, 0.1) is 6.54 Å². The summed E-state index contributed by atoms with van der Waals surface area (Å²) in [7, 11) is 0. The van der Waals surface area contributed by atoms with E-state index in [1.54, 1.807) is 0 Å². The first-order valence-electron chi connectivity index (χ1n) is 7.28. The molecule has 19 heavy (non-hydrogen) atoms. The number of benzene rings is 1. The van der Waals surface area contributed by atoms with E-state index in [2.05, 4.69) is 53.7 Å². The van der Waals surface area contributed by atoms with Crippen LogP contribution >= 0.6 is 0 Å². The van der Waals surface area contributed by atoms with Gasteiger partial charge in [-0.15, -0.1) is 6.42 Å². The van der Waals surface area contributed by atoms with Crippen molar-refractivity contribution in [3.05, 3.63) is 42.0 Å². The van der Waals surface area contributed by atoms with Crippen molar-refractivity contribution in [2.24, 2.45) is 5.92 Å². The molecule has 0 saturated heterocycles. The van der Waals surface area contributed by atoms with Crippen LogP contribution in [0.1, 0.15) is 37.7 Å². The summed E-state index contributed by atoms with van der Waals surface area (Å²) in [6.45, 7) is 0.698. The lowest BCUT2D eigenvalue weighted by molar-refractivity contribution is 0.271. The SMILES string of the molecule is C#CCN[C@H]1CCCC[C@H]1C/C=C/c1ccccc1. The topological polar surface area (TPSA) is 12.0 Å². The number of allylic oxidation sites excluding steroid dienone is 1. The van der Waals surface area contributed by atoms with E-state index in [-0.39, 0.29) is 0 Å². The molecule has 1 nitrogen and oxygen atoms in total. The molecule has 0 bridgehead atoms. The molecular weight excluding hydrogens is 230 g/mol. The molecule has 0 spiro atoms. The summed E-state index contributed by atoms with van der Waals surface area (Å²) >= 11 is 0. The average Bonchev–Trinajstić information content (AvgIpc) is 2.47. The Hall–Kier alpha value is -1.52. The average molecular weight is 253 g/mol. The summed E-state index contributed by atoms with van der Waals surface area (Å²) in [4.78, 5) is 0. The second-order valence-corrected chi connectivity index (χ2v) is 5.28. The summed E-state index contributed by atoms with van der Waals surface area (Å²) in [5.74, 6) is 3.43. The Balaban J connectivity index is 1.86. The fourth-order valence-corrected chi connectivity index (χ4v) is 2.89. The number of hydrogen-bond acceptors (Lipinski definition) is 1. The van der Waals surface area contributed by atoms with Crippen molar-refractivity contribution in [1.29, 1.82) is 0 Å². The smallest absolute Gasteiger partial charge is 0.0576 e. The molecule has 1 heteroatoms. The maximum atomic E-state index is 5.34. The predicted octanol–water partition coefficient (Wildman–Crippen LogP) is 3.87. The molecule has 100 valence electrons. The Morgan fingerprint density at radius 3 is 2.79 bits per heavy atom. The molecule has 0 aliphatic heterocycles. The molecule has 1 saturated carbocycles. The second-order valence-electron chi connectivity index (χ2n) is 5.28. The van der Waals surface area contributed by atoms with Crippen molar-refractivity contribution < 1.29 is 0 Å². The molecule has 0 radical (unpaired) electrons. The van der Waals surface area contributed by atoms with E-state index in [4.69, 9.17) is 6.42 Å². The van der Waals surface area contributed by atoms with Crippen LogP contribution in [0.4, 0.5) is 0 Å². The lowest BCUT2D eigenvalue weighted by Gasteiger charge is -2.31. The molecule has 1 N–H and O–H groups in total. The molecule has 2 atom stereocenters. The lowest BCUT2D eigenvalue weighted by Crippen LogP contribution is -2.38. The highest BCUT2D eigenvalue weighted by atomic mass is 14.9. The Morgan fingerprint density at radius 1 is 1.21 bits per heavy atom. The molecule has 0 unspecified atom stereocenters. The fourth-order valence-electron chi connectivity index (χ4n) is 2.89. The lowest BCUT2D eigenvalue weighted by atomic mass is 9.82. The minimum atomic E-state index is 0.602. The van der Waals surface area contributed by atoms with E-state index >= 15 is 0 Å². The Morgan fingerprint density at radius 2 is 2.00 bits per heavy atom. The molecule has 1 aliphatic carbocycles. The standard InChI is InChI=1S/C18H23N/c1-2-15-19-18-14-7-6-12-17(18)13-8-11-16-9-4-3-5-10-16/h1,3-5,8-11,17-19H,6-7,12-15H2/b11-8+/t17-,18-/m0/s1. The molecular formula is C18H23N. The molecule has 0 aromatic heterocycles. The zero-order chi connectivity index (χ0) is 13.3. The van der Waals surface area contributed by atoms with Crippen molar-refractivity contribution in [2.45, 2.75) is 38.1 Å². The van der Waals surface area contributed by atoms with Crippen molar-refractivity contribution in [3.63, 3.8) is 0 Å². The van der Waals surface area contributed by atoms with Gasteiger partial charge >= 0.3 is 0 Å². The van der Waals surface area contributed by atoms with Crippen molar-refractivity contribution in [3.8, 4) is 12.3 Å². The van der Waals surface area contributed by atoms with Crippen LogP contribution < -0.4 is 5.32 Å². The highest BCUT2D eigenvalue weighted by Crippen LogP contribution is 2.27. The Kier molecular flexibility index (Phi) is 5.72. The van der Waals surface area contributed by atoms with E-state index < -0.39 is 0 Å². The third-order valence-corrected chi connectivity index (χ3v) is 3.92. The van der Waals surface area contributed by atoms with E-state index in [1.807, 2.05) is 0 Å². The maximum absolute atomic E-state index is 5.34. The zero-order valence-electron chi connectivity index (χ0n) is 11.5. The monoisotopic (exact) mass is 253 g/mol. The van der Waals surface area contributed by atoms with Gasteiger partial charge in [0.15, 0.2) is 0 Å². The highest BCUT2D eigenvalue weighted by Gasteiger charge is 2.22. The summed E-state index contributed by atoms with van der Waals surface area (Å²) < 4.78 is 0. The van der Waals surface area contributed by atoms with Gasteiger partial charge in [-0.25, -0.2) is 0 Å². The van der Waals surface area contributed by atoms with Crippen LogP contribution in [-0.4, -0.2) is 12.6 Å². The van der Waals surface area contributed by atoms with Crippen LogP contribution in [-0.2, 0) is 0 Å². The maximum Gasteiger partial charge on any atom is 0.0576 e.